The van der Waals surface area contributed by atoms with Crippen LogP contribution in [0.4, 0.5) is 5.69 Å². The molecule has 4 aliphatic rings. The van der Waals surface area contributed by atoms with Crippen molar-refractivity contribution >= 4 is 5.69 Å². The predicted octanol–water partition coefficient (Wildman–Crippen LogP) is 2.39. The number of nitrogens with one attached hydrogen (secondary N) is 1. The Morgan fingerprint density at radius 1 is 1.21 bits per heavy atom. The van der Waals surface area contributed by atoms with Gasteiger partial charge < -0.3 is 14.5 Å². The van der Waals surface area contributed by atoms with Crippen LogP contribution in [0.25, 0.3) is 0 Å². The number of rotatable bonds is 4. The van der Waals surface area contributed by atoms with Crippen LogP contribution in [-0.2, 0) is 0 Å². The second-order valence-corrected chi connectivity index (χ2v) is 8.41. The Kier molecular flexibility index (Phi) is 4.07. The molecule has 2 fully saturated rings. The summed E-state index contributed by atoms with van der Waals surface area (Å²) >= 11 is 0. The number of nitrogens with zero attached hydrogens (tertiary/aromatic N) is 1. The van der Waals surface area contributed by atoms with Gasteiger partial charge in [-0.2, -0.15) is 0 Å². The molecule has 2 bridgehead atoms. The fraction of sp³-hybridized carbons (Fsp3) is 0.619. The number of fused-ring (bicyclic) bond motifs is 1. The van der Waals surface area contributed by atoms with Crippen LogP contribution in [0, 0.1) is 17.3 Å². The molecule has 1 aromatic rings. The summed E-state index contributed by atoms with van der Waals surface area (Å²) in [5.41, 5.74) is 3.56. The average Bonchev–Trinajstić information content (AvgIpc) is 2.62. The summed E-state index contributed by atoms with van der Waals surface area (Å²) in [7, 11) is 1.77. The molecule has 0 amide bonds. The van der Waals surface area contributed by atoms with Crippen LogP contribution in [0.15, 0.2) is 35.9 Å². The van der Waals surface area contributed by atoms with E-state index in [1.165, 1.54) is 38.2 Å². The van der Waals surface area contributed by atoms with E-state index in [1.807, 2.05) is 6.07 Å². The first kappa shape index (κ1) is 16.0. The standard InChI is InChI=1S/C21H30N2O/c1-21(2)17-9-8-16(18(21)14-17)15-22-10-12-23(13-11-22)19-6-4-5-7-20(19)24-3/h4-8,17-18H,9-15H2,1-3H3/p+1/t17-,18-/m1/s1. The molecule has 0 spiro atoms. The highest BCUT2D eigenvalue weighted by atomic mass is 16.5. The fourth-order valence-corrected chi connectivity index (χ4v) is 5.10. The van der Waals surface area contributed by atoms with Crippen molar-refractivity contribution in [3.05, 3.63) is 35.9 Å². The molecule has 3 aliphatic carbocycles. The van der Waals surface area contributed by atoms with E-state index in [1.54, 1.807) is 17.6 Å². The minimum atomic E-state index is 0.558. The maximum absolute atomic E-state index is 5.53. The van der Waals surface area contributed by atoms with Crippen LogP contribution in [0.3, 0.4) is 0 Å². The number of para-hydroxylation sites is 2. The first-order valence-corrected chi connectivity index (χ1v) is 9.50. The largest absolute Gasteiger partial charge is 0.495 e. The van der Waals surface area contributed by atoms with Crippen LogP contribution < -0.4 is 14.5 Å². The average molecular weight is 327 g/mol. The molecule has 3 nitrogen and oxygen atoms in total. The molecule has 0 aromatic heterocycles. The summed E-state index contributed by atoms with van der Waals surface area (Å²) in [6, 6.07) is 8.41. The lowest BCUT2D eigenvalue weighted by Gasteiger charge is -2.56. The van der Waals surface area contributed by atoms with Crippen LogP contribution in [0.2, 0.25) is 0 Å². The lowest BCUT2D eigenvalue weighted by molar-refractivity contribution is -0.896. The van der Waals surface area contributed by atoms with Gasteiger partial charge in [0.2, 0.25) is 0 Å². The second-order valence-electron chi connectivity index (χ2n) is 8.41. The van der Waals surface area contributed by atoms with Gasteiger partial charge in [0.05, 0.1) is 45.5 Å². The molecular formula is C21H31N2O+. The van der Waals surface area contributed by atoms with E-state index >= 15 is 0 Å². The highest BCUT2D eigenvalue weighted by Gasteiger charge is 2.51. The number of hydrogen-bond acceptors (Lipinski definition) is 2. The van der Waals surface area contributed by atoms with E-state index in [0.717, 1.165) is 30.7 Å². The first-order chi connectivity index (χ1) is 11.6. The number of methoxy groups -OCH3 is 1. The summed E-state index contributed by atoms with van der Waals surface area (Å²) in [5, 5.41) is 0. The molecule has 1 saturated carbocycles. The Labute approximate surface area is 146 Å². The van der Waals surface area contributed by atoms with Gasteiger partial charge in [-0.25, -0.2) is 0 Å². The van der Waals surface area contributed by atoms with E-state index in [2.05, 4.69) is 43.0 Å². The number of quaternary nitrogens is 1. The van der Waals surface area contributed by atoms with Crippen molar-refractivity contribution in [2.24, 2.45) is 17.3 Å². The normalized spacial score (nSPS) is 29.0. The number of benzene rings is 1. The van der Waals surface area contributed by atoms with Gasteiger partial charge in [0.25, 0.3) is 0 Å². The third-order valence-corrected chi connectivity index (χ3v) is 6.93. The monoisotopic (exact) mass is 327 g/mol. The van der Waals surface area contributed by atoms with Crippen LogP contribution >= 0.6 is 0 Å². The Morgan fingerprint density at radius 2 is 1.96 bits per heavy atom. The predicted molar refractivity (Wildman–Crippen MR) is 98.8 cm³/mol. The molecular weight excluding hydrogens is 296 g/mol. The maximum atomic E-state index is 5.53. The molecule has 1 saturated heterocycles. The zero-order valence-electron chi connectivity index (χ0n) is 15.3. The quantitative estimate of drug-likeness (QED) is 0.855. The van der Waals surface area contributed by atoms with E-state index in [0.29, 0.717) is 5.41 Å². The van der Waals surface area contributed by atoms with Gasteiger partial charge in [-0.15, -0.1) is 0 Å². The summed E-state index contributed by atoms with van der Waals surface area (Å²) in [5.74, 6) is 2.80. The van der Waals surface area contributed by atoms with Crippen molar-refractivity contribution in [2.45, 2.75) is 26.7 Å². The molecule has 2 atom stereocenters. The second kappa shape index (κ2) is 6.11. The van der Waals surface area contributed by atoms with Gasteiger partial charge in [0.15, 0.2) is 0 Å². The van der Waals surface area contributed by atoms with Crippen LogP contribution in [0.1, 0.15) is 26.7 Å². The van der Waals surface area contributed by atoms with Crippen molar-refractivity contribution in [3.63, 3.8) is 0 Å². The molecule has 130 valence electrons. The smallest absolute Gasteiger partial charge is 0.142 e. The summed E-state index contributed by atoms with van der Waals surface area (Å²) < 4.78 is 5.53. The van der Waals surface area contributed by atoms with Crippen molar-refractivity contribution in [2.75, 3.05) is 44.7 Å². The van der Waals surface area contributed by atoms with E-state index in [9.17, 15) is 0 Å². The Bertz CT molecular complexity index is 628. The topological polar surface area (TPSA) is 16.9 Å². The molecule has 5 rings (SSSR count). The number of hydrogen-bond donors (Lipinski definition) is 1. The third kappa shape index (κ3) is 2.63. The highest BCUT2D eigenvalue weighted by molar-refractivity contribution is 5.58. The number of anilines is 1. The molecule has 0 unspecified atom stereocenters. The van der Waals surface area contributed by atoms with E-state index in [4.69, 9.17) is 4.74 Å². The molecule has 1 N–H and O–H groups in total. The molecule has 1 heterocycles. The Morgan fingerprint density at radius 3 is 2.62 bits per heavy atom. The third-order valence-electron chi connectivity index (χ3n) is 6.93. The van der Waals surface area contributed by atoms with Gasteiger partial charge in [-0.3, -0.25) is 0 Å². The Hall–Kier alpha value is -1.48. The summed E-state index contributed by atoms with van der Waals surface area (Å²) in [6.45, 7) is 10.9. The van der Waals surface area contributed by atoms with Gasteiger partial charge in [-0.1, -0.05) is 32.1 Å². The van der Waals surface area contributed by atoms with Gasteiger partial charge >= 0.3 is 0 Å². The number of allylic oxidation sites excluding steroid dienone is 1. The Balaban J connectivity index is 1.36. The van der Waals surface area contributed by atoms with Crippen molar-refractivity contribution in [3.8, 4) is 5.75 Å². The molecule has 24 heavy (non-hydrogen) atoms. The van der Waals surface area contributed by atoms with Crippen LogP contribution in [-0.4, -0.2) is 39.8 Å². The van der Waals surface area contributed by atoms with Crippen molar-refractivity contribution in [1.29, 1.82) is 0 Å². The minimum absolute atomic E-state index is 0.558. The molecule has 3 heteroatoms. The van der Waals surface area contributed by atoms with Crippen LogP contribution in [0.5, 0.6) is 5.75 Å². The minimum Gasteiger partial charge on any atom is -0.495 e. The van der Waals surface area contributed by atoms with Gasteiger partial charge in [0, 0.05) is 0 Å². The maximum Gasteiger partial charge on any atom is 0.142 e. The van der Waals surface area contributed by atoms with Gasteiger partial charge in [0.1, 0.15) is 5.75 Å². The van der Waals surface area contributed by atoms with E-state index < -0.39 is 0 Å². The first-order valence-electron chi connectivity index (χ1n) is 9.50. The highest BCUT2D eigenvalue weighted by Crippen LogP contribution is 2.58. The molecule has 1 aromatic carbocycles. The fourth-order valence-electron chi connectivity index (χ4n) is 5.10. The van der Waals surface area contributed by atoms with E-state index in [-0.39, 0.29) is 0 Å². The summed E-state index contributed by atoms with van der Waals surface area (Å²) in [4.78, 5) is 4.24. The zero-order chi connectivity index (χ0) is 16.7. The van der Waals surface area contributed by atoms with Crippen molar-refractivity contribution in [1.82, 2.24) is 0 Å². The number of piperazine rings is 1. The lowest BCUT2D eigenvalue weighted by atomic mass is 9.49. The number of ether oxygens (including phenoxy) is 1. The lowest BCUT2D eigenvalue weighted by Crippen LogP contribution is -3.15. The summed E-state index contributed by atoms with van der Waals surface area (Å²) in [6.07, 6.45) is 5.34. The molecule has 1 aliphatic heterocycles. The zero-order valence-corrected chi connectivity index (χ0v) is 15.3. The molecule has 0 radical (unpaired) electrons. The van der Waals surface area contributed by atoms with Crippen molar-refractivity contribution < 1.29 is 9.64 Å². The van der Waals surface area contributed by atoms with Gasteiger partial charge in [-0.05, 0) is 47.8 Å². The SMILES string of the molecule is COc1ccccc1N1CC[NH+](CC2=CC[C@@H]3C[C@H]2C3(C)C)CC1.